The predicted octanol–water partition coefficient (Wildman–Crippen LogP) is 2.19. The Morgan fingerprint density at radius 3 is 2.68 bits per heavy atom. The molecule has 6 nitrogen and oxygen atoms in total. The van der Waals surface area contributed by atoms with E-state index in [1.807, 2.05) is 0 Å². The normalized spacial score (nSPS) is 12.5. The Balaban J connectivity index is 3.21. The molecule has 0 aliphatic rings. The number of carboxylic acids is 1. The molecule has 0 aliphatic heterocycles. The molecule has 0 spiro atoms. The molecule has 1 aromatic rings. The topological polar surface area (TPSA) is 107 Å². The van der Waals surface area contributed by atoms with Crippen molar-refractivity contribution in [3.8, 4) is 6.07 Å². The van der Waals surface area contributed by atoms with Gasteiger partial charge < -0.3 is 5.11 Å². The molecule has 0 saturated heterocycles. The van der Waals surface area contributed by atoms with E-state index in [2.05, 4.69) is 20.7 Å². The molecule has 0 radical (unpaired) electrons. The number of nitriles is 1. The average molecular weight is 347 g/mol. The lowest BCUT2D eigenvalue weighted by atomic mass is 10.2. The molecule has 1 atom stereocenters. The van der Waals surface area contributed by atoms with E-state index in [1.54, 1.807) is 13.0 Å². The molecular weight excluding hydrogens is 336 g/mol. The Bertz CT molecular complexity index is 637. The lowest BCUT2D eigenvalue weighted by Crippen LogP contribution is -2.26. The second-order valence-corrected chi connectivity index (χ2v) is 6.45. The first kappa shape index (κ1) is 15.5. The quantitative estimate of drug-likeness (QED) is 0.849. The van der Waals surface area contributed by atoms with Crippen molar-refractivity contribution >= 4 is 37.6 Å². The summed E-state index contributed by atoms with van der Waals surface area (Å²) in [5.74, 6) is -1.26. The fraction of sp³-hybridized carbons (Fsp3) is 0.273. The van der Waals surface area contributed by atoms with E-state index in [0.29, 0.717) is 4.47 Å². The molecule has 1 rings (SSSR count). The van der Waals surface area contributed by atoms with Crippen LogP contribution in [0.25, 0.3) is 0 Å². The Hall–Kier alpha value is -1.59. The van der Waals surface area contributed by atoms with Gasteiger partial charge in [-0.05, 0) is 24.6 Å². The predicted molar refractivity (Wildman–Crippen MR) is 73.3 cm³/mol. The van der Waals surface area contributed by atoms with Gasteiger partial charge >= 0.3 is 5.97 Å². The molecule has 0 aliphatic carbocycles. The number of halogens is 1. The summed E-state index contributed by atoms with van der Waals surface area (Å²) in [6.07, 6.45) is 0.116. The third kappa shape index (κ3) is 3.68. The lowest BCUT2D eigenvalue weighted by molar-refractivity contribution is 0.0698. The second kappa shape index (κ2) is 6.04. The van der Waals surface area contributed by atoms with E-state index in [0.717, 1.165) is 0 Å². The smallest absolute Gasteiger partial charge is 0.337 e. The van der Waals surface area contributed by atoms with Crippen LogP contribution >= 0.6 is 15.9 Å². The van der Waals surface area contributed by atoms with E-state index in [1.165, 1.54) is 18.2 Å². The van der Waals surface area contributed by atoms with Crippen molar-refractivity contribution in [2.45, 2.75) is 18.6 Å². The van der Waals surface area contributed by atoms with E-state index in [4.69, 9.17) is 10.4 Å². The number of aromatic carboxylic acids is 1. The van der Waals surface area contributed by atoms with Crippen LogP contribution in [-0.4, -0.2) is 24.7 Å². The van der Waals surface area contributed by atoms with Gasteiger partial charge in [0.1, 0.15) is 0 Å². The van der Waals surface area contributed by atoms with Crippen LogP contribution in [0.5, 0.6) is 0 Å². The Morgan fingerprint density at radius 2 is 2.21 bits per heavy atom. The second-order valence-electron chi connectivity index (χ2n) is 3.67. The summed E-state index contributed by atoms with van der Waals surface area (Å²) in [7, 11) is -3.93. The molecule has 0 bridgehead atoms. The van der Waals surface area contributed by atoms with Gasteiger partial charge in [0.2, 0.25) is 10.0 Å². The molecule has 0 amide bonds. The van der Waals surface area contributed by atoms with Gasteiger partial charge in [-0.3, -0.25) is 4.72 Å². The summed E-state index contributed by atoms with van der Waals surface area (Å²) >= 11 is 3.11. The molecule has 0 heterocycles. The average Bonchev–Trinajstić information content (AvgIpc) is 2.32. The molecule has 0 saturated carbocycles. The Labute approximate surface area is 119 Å². The van der Waals surface area contributed by atoms with Gasteiger partial charge in [-0.25, -0.2) is 13.2 Å². The van der Waals surface area contributed by atoms with Crippen LogP contribution in [0.15, 0.2) is 22.7 Å². The highest BCUT2D eigenvalue weighted by atomic mass is 79.9. The number of sulfonamides is 1. The third-order valence-corrected chi connectivity index (χ3v) is 4.54. The number of anilines is 1. The monoisotopic (exact) mass is 346 g/mol. The number of carboxylic acid groups (broad SMARTS) is 1. The first-order valence-electron chi connectivity index (χ1n) is 5.26. The van der Waals surface area contributed by atoms with Gasteiger partial charge in [0.05, 0.1) is 17.3 Å². The first-order valence-corrected chi connectivity index (χ1v) is 7.59. The van der Waals surface area contributed by atoms with E-state index in [9.17, 15) is 13.2 Å². The van der Waals surface area contributed by atoms with Gasteiger partial charge in [-0.2, -0.15) is 5.26 Å². The van der Waals surface area contributed by atoms with Gasteiger partial charge in [-0.1, -0.05) is 22.9 Å². The van der Waals surface area contributed by atoms with Crippen LogP contribution in [0.3, 0.4) is 0 Å². The van der Waals surface area contributed by atoms with E-state index >= 15 is 0 Å². The van der Waals surface area contributed by atoms with Crippen LogP contribution in [-0.2, 0) is 10.0 Å². The number of hydrogen-bond acceptors (Lipinski definition) is 4. The molecule has 8 heteroatoms. The van der Waals surface area contributed by atoms with Crippen molar-refractivity contribution in [2.24, 2.45) is 0 Å². The number of carbonyl (C=O) groups is 1. The SMILES string of the molecule is CCC(C#N)S(=O)(=O)Nc1ccc(Br)cc1C(=O)O. The largest absolute Gasteiger partial charge is 0.478 e. The van der Waals surface area contributed by atoms with Gasteiger partial charge in [-0.15, -0.1) is 0 Å². The fourth-order valence-corrected chi connectivity index (χ4v) is 2.95. The highest BCUT2D eigenvalue weighted by Crippen LogP contribution is 2.23. The van der Waals surface area contributed by atoms with Crippen molar-refractivity contribution in [3.05, 3.63) is 28.2 Å². The summed E-state index contributed by atoms with van der Waals surface area (Å²) in [4.78, 5) is 11.0. The van der Waals surface area contributed by atoms with Gasteiger partial charge in [0.25, 0.3) is 0 Å². The molecule has 102 valence electrons. The first-order chi connectivity index (χ1) is 8.81. The lowest BCUT2D eigenvalue weighted by Gasteiger charge is -2.13. The maximum absolute atomic E-state index is 11.9. The molecule has 0 aromatic heterocycles. The standard InChI is InChI=1S/C11H11BrN2O4S/c1-2-8(6-13)19(17,18)14-10-4-3-7(12)5-9(10)11(15)16/h3-5,8,14H,2H2,1H3,(H,15,16). The number of nitrogens with one attached hydrogen (secondary N) is 1. The van der Waals surface area contributed by atoms with Crippen LogP contribution in [0.1, 0.15) is 23.7 Å². The van der Waals surface area contributed by atoms with Crippen LogP contribution < -0.4 is 4.72 Å². The zero-order valence-corrected chi connectivity index (χ0v) is 12.3. The van der Waals surface area contributed by atoms with Crippen molar-refractivity contribution < 1.29 is 18.3 Å². The number of benzene rings is 1. The van der Waals surface area contributed by atoms with Gasteiger partial charge in [0, 0.05) is 4.47 Å². The summed E-state index contributed by atoms with van der Waals surface area (Å²) in [6.45, 7) is 1.56. The zero-order valence-electron chi connectivity index (χ0n) is 9.92. The van der Waals surface area contributed by atoms with Crippen LogP contribution in [0.2, 0.25) is 0 Å². The van der Waals surface area contributed by atoms with E-state index < -0.39 is 21.2 Å². The van der Waals surface area contributed by atoms with Crippen LogP contribution in [0.4, 0.5) is 5.69 Å². The molecule has 1 unspecified atom stereocenters. The minimum Gasteiger partial charge on any atom is -0.478 e. The minimum absolute atomic E-state index is 0.0654. The van der Waals surface area contributed by atoms with Crippen molar-refractivity contribution in [1.82, 2.24) is 0 Å². The molecule has 19 heavy (non-hydrogen) atoms. The summed E-state index contributed by atoms with van der Waals surface area (Å²) in [5.41, 5.74) is -0.254. The zero-order chi connectivity index (χ0) is 14.6. The van der Waals surface area contributed by atoms with Gasteiger partial charge in [0.15, 0.2) is 5.25 Å². The summed E-state index contributed by atoms with van der Waals surface area (Å²) < 4.78 is 26.4. The fourth-order valence-electron chi connectivity index (χ4n) is 1.39. The highest BCUT2D eigenvalue weighted by Gasteiger charge is 2.25. The number of nitrogens with zero attached hydrogens (tertiary/aromatic N) is 1. The summed E-state index contributed by atoms with van der Waals surface area (Å²) in [5, 5.41) is 16.6. The highest BCUT2D eigenvalue weighted by molar-refractivity contribution is 9.10. The van der Waals surface area contributed by atoms with Crippen molar-refractivity contribution in [2.75, 3.05) is 4.72 Å². The third-order valence-electron chi connectivity index (χ3n) is 2.35. The molecular formula is C11H11BrN2O4S. The number of hydrogen-bond donors (Lipinski definition) is 2. The number of rotatable bonds is 5. The van der Waals surface area contributed by atoms with Crippen molar-refractivity contribution in [3.63, 3.8) is 0 Å². The maximum atomic E-state index is 11.9. The maximum Gasteiger partial charge on any atom is 0.337 e. The van der Waals surface area contributed by atoms with Crippen molar-refractivity contribution in [1.29, 1.82) is 5.26 Å². The molecule has 0 fully saturated rings. The van der Waals surface area contributed by atoms with Crippen LogP contribution in [0, 0.1) is 11.3 Å². The molecule has 2 N–H and O–H groups in total. The molecule has 1 aromatic carbocycles. The Morgan fingerprint density at radius 1 is 1.58 bits per heavy atom. The minimum atomic E-state index is -3.93. The summed E-state index contributed by atoms with van der Waals surface area (Å²) in [6, 6.07) is 5.79. The Kier molecular flexibility index (Phi) is 4.91. The van der Waals surface area contributed by atoms with E-state index in [-0.39, 0.29) is 17.7 Å².